The van der Waals surface area contributed by atoms with Crippen molar-refractivity contribution in [3.8, 4) is 11.5 Å². The minimum atomic E-state index is -0.777. The zero-order valence-electron chi connectivity index (χ0n) is 18.2. The standard InChI is InChI=1S/C24H25BrN2O5/c1-4-11-32-21-19(25)13-16(14-20(21)31-6-3)12-18-22(28)26-24(30)27(23(18)29)17-9-7-15(5-2)8-10-17/h7-10,12-14H,4-6,11H2,1-3H3,(H,26,28,30)/b18-12+. The molecule has 7 nitrogen and oxygen atoms in total. The molecule has 1 aliphatic heterocycles. The van der Waals surface area contributed by atoms with E-state index >= 15 is 0 Å². The lowest BCUT2D eigenvalue weighted by atomic mass is 10.1. The van der Waals surface area contributed by atoms with E-state index in [2.05, 4.69) is 21.2 Å². The third-order valence-electron chi connectivity index (χ3n) is 4.80. The number of ether oxygens (including phenoxy) is 2. The van der Waals surface area contributed by atoms with Crippen molar-refractivity contribution in [1.82, 2.24) is 5.32 Å². The maximum Gasteiger partial charge on any atom is 0.335 e. The van der Waals surface area contributed by atoms with Crippen LogP contribution >= 0.6 is 15.9 Å². The lowest BCUT2D eigenvalue weighted by Crippen LogP contribution is -2.54. The Morgan fingerprint density at radius 1 is 1.03 bits per heavy atom. The van der Waals surface area contributed by atoms with E-state index in [-0.39, 0.29) is 5.57 Å². The van der Waals surface area contributed by atoms with Gasteiger partial charge in [0.05, 0.1) is 23.4 Å². The van der Waals surface area contributed by atoms with Crippen molar-refractivity contribution in [3.63, 3.8) is 0 Å². The van der Waals surface area contributed by atoms with Crippen LogP contribution in [0.2, 0.25) is 0 Å². The Balaban J connectivity index is 1.99. The van der Waals surface area contributed by atoms with Crippen LogP contribution in [0.15, 0.2) is 46.4 Å². The van der Waals surface area contributed by atoms with E-state index in [1.165, 1.54) is 6.08 Å². The molecule has 1 heterocycles. The predicted octanol–water partition coefficient (Wildman–Crippen LogP) is 4.87. The molecule has 0 spiro atoms. The summed E-state index contributed by atoms with van der Waals surface area (Å²) < 4.78 is 12.1. The van der Waals surface area contributed by atoms with Crippen molar-refractivity contribution in [1.29, 1.82) is 0 Å². The molecule has 1 N–H and O–H groups in total. The van der Waals surface area contributed by atoms with Gasteiger partial charge in [0.25, 0.3) is 11.8 Å². The zero-order valence-corrected chi connectivity index (χ0v) is 19.8. The molecule has 168 valence electrons. The summed E-state index contributed by atoms with van der Waals surface area (Å²) in [5.41, 5.74) is 1.87. The fourth-order valence-corrected chi connectivity index (χ4v) is 3.79. The first-order valence-corrected chi connectivity index (χ1v) is 11.3. The summed E-state index contributed by atoms with van der Waals surface area (Å²) >= 11 is 3.48. The zero-order chi connectivity index (χ0) is 23.3. The van der Waals surface area contributed by atoms with Gasteiger partial charge in [-0.1, -0.05) is 26.0 Å². The van der Waals surface area contributed by atoms with Crippen molar-refractivity contribution in [2.45, 2.75) is 33.6 Å². The molecule has 1 aliphatic rings. The van der Waals surface area contributed by atoms with Gasteiger partial charge in [-0.25, -0.2) is 9.69 Å². The normalized spacial score (nSPS) is 15.2. The second-order valence-electron chi connectivity index (χ2n) is 7.09. The van der Waals surface area contributed by atoms with Crippen molar-refractivity contribution >= 4 is 45.5 Å². The largest absolute Gasteiger partial charge is 0.490 e. The second-order valence-corrected chi connectivity index (χ2v) is 7.94. The van der Waals surface area contributed by atoms with Crippen molar-refractivity contribution in [2.75, 3.05) is 18.1 Å². The smallest absolute Gasteiger partial charge is 0.335 e. The van der Waals surface area contributed by atoms with E-state index in [0.717, 1.165) is 23.3 Å². The number of imide groups is 2. The number of hydrogen-bond donors (Lipinski definition) is 1. The van der Waals surface area contributed by atoms with Crippen LogP contribution in [0.5, 0.6) is 11.5 Å². The topological polar surface area (TPSA) is 84.9 Å². The molecule has 32 heavy (non-hydrogen) atoms. The number of anilines is 1. The molecule has 1 fully saturated rings. The number of hydrogen-bond acceptors (Lipinski definition) is 5. The van der Waals surface area contributed by atoms with Gasteiger partial charge in [-0.2, -0.15) is 0 Å². The number of nitrogens with zero attached hydrogens (tertiary/aromatic N) is 1. The number of nitrogens with one attached hydrogen (secondary N) is 1. The molecule has 0 atom stereocenters. The van der Waals surface area contributed by atoms with Gasteiger partial charge in [0.2, 0.25) is 0 Å². The van der Waals surface area contributed by atoms with Crippen molar-refractivity contribution in [3.05, 3.63) is 57.6 Å². The van der Waals surface area contributed by atoms with E-state index in [1.807, 2.05) is 32.9 Å². The molecule has 3 rings (SSSR count). The number of aryl methyl sites for hydroxylation is 1. The lowest BCUT2D eigenvalue weighted by Gasteiger charge is -2.26. The van der Waals surface area contributed by atoms with Crippen LogP contribution < -0.4 is 19.7 Å². The summed E-state index contributed by atoms with van der Waals surface area (Å²) in [6.07, 6.45) is 3.11. The highest BCUT2D eigenvalue weighted by molar-refractivity contribution is 9.10. The average Bonchev–Trinajstić information content (AvgIpc) is 2.76. The number of barbiturate groups is 1. The first-order chi connectivity index (χ1) is 15.4. The van der Waals surface area contributed by atoms with Gasteiger partial charge in [0, 0.05) is 0 Å². The summed E-state index contributed by atoms with van der Waals surface area (Å²) in [6.45, 7) is 6.82. The second kappa shape index (κ2) is 10.5. The summed E-state index contributed by atoms with van der Waals surface area (Å²) in [5, 5.41) is 2.24. The molecule has 0 unspecified atom stereocenters. The third kappa shape index (κ3) is 5.02. The monoisotopic (exact) mass is 500 g/mol. The Morgan fingerprint density at radius 3 is 2.38 bits per heavy atom. The Kier molecular flexibility index (Phi) is 7.69. The molecule has 1 saturated heterocycles. The van der Waals surface area contributed by atoms with E-state index in [0.29, 0.717) is 40.4 Å². The number of rotatable bonds is 8. The van der Waals surface area contributed by atoms with Gasteiger partial charge in [0.1, 0.15) is 5.57 Å². The van der Waals surface area contributed by atoms with Gasteiger partial charge >= 0.3 is 6.03 Å². The fraction of sp³-hybridized carbons (Fsp3) is 0.292. The maximum absolute atomic E-state index is 13.1. The van der Waals surface area contributed by atoms with Crippen LogP contribution in [-0.4, -0.2) is 31.1 Å². The SMILES string of the molecule is CCCOc1c(Br)cc(/C=C2\C(=O)NC(=O)N(c3ccc(CC)cc3)C2=O)cc1OCC. The molecule has 2 aromatic carbocycles. The number of carbonyl (C=O) groups excluding carboxylic acids is 3. The van der Waals surface area contributed by atoms with E-state index in [1.54, 1.807) is 24.3 Å². The predicted molar refractivity (Wildman–Crippen MR) is 126 cm³/mol. The third-order valence-corrected chi connectivity index (χ3v) is 5.39. The van der Waals surface area contributed by atoms with Gasteiger partial charge in [-0.15, -0.1) is 0 Å². The van der Waals surface area contributed by atoms with E-state index in [4.69, 9.17) is 9.47 Å². The summed E-state index contributed by atoms with van der Waals surface area (Å²) in [7, 11) is 0. The summed E-state index contributed by atoms with van der Waals surface area (Å²) in [6, 6.07) is 9.72. The van der Waals surface area contributed by atoms with Crippen LogP contribution in [0.25, 0.3) is 6.08 Å². The van der Waals surface area contributed by atoms with Crippen LogP contribution in [-0.2, 0) is 16.0 Å². The Morgan fingerprint density at radius 2 is 1.75 bits per heavy atom. The number of benzene rings is 2. The minimum Gasteiger partial charge on any atom is -0.490 e. The van der Waals surface area contributed by atoms with Gasteiger partial charge in [-0.3, -0.25) is 14.9 Å². The molecule has 0 saturated carbocycles. The van der Waals surface area contributed by atoms with Gasteiger partial charge < -0.3 is 9.47 Å². The Hall–Kier alpha value is -3.13. The number of amides is 4. The van der Waals surface area contributed by atoms with Crippen LogP contribution in [0, 0.1) is 0 Å². The quantitative estimate of drug-likeness (QED) is 0.413. The maximum atomic E-state index is 13.1. The Labute approximate surface area is 195 Å². The Bertz CT molecular complexity index is 1060. The highest BCUT2D eigenvalue weighted by Gasteiger charge is 2.36. The molecule has 8 heteroatoms. The lowest BCUT2D eigenvalue weighted by molar-refractivity contribution is -0.122. The number of halogens is 1. The number of carbonyl (C=O) groups is 3. The first-order valence-electron chi connectivity index (χ1n) is 10.5. The van der Waals surface area contributed by atoms with Crippen molar-refractivity contribution < 1.29 is 23.9 Å². The van der Waals surface area contributed by atoms with Gasteiger partial charge in [-0.05, 0) is 77.2 Å². The van der Waals surface area contributed by atoms with Gasteiger partial charge in [0.15, 0.2) is 11.5 Å². The minimum absolute atomic E-state index is 0.152. The highest BCUT2D eigenvalue weighted by Crippen LogP contribution is 2.38. The van der Waals surface area contributed by atoms with Crippen LogP contribution in [0.3, 0.4) is 0 Å². The highest BCUT2D eigenvalue weighted by atomic mass is 79.9. The van der Waals surface area contributed by atoms with Crippen molar-refractivity contribution in [2.24, 2.45) is 0 Å². The molecular weight excluding hydrogens is 476 g/mol. The molecule has 4 amide bonds. The number of urea groups is 1. The van der Waals surface area contributed by atoms with E-state index < -0.39 is 17.8 Å². The van der Waals surface area contributed by atoms with E-state index in [9.17, 15) is 14.4 Å². The van der Waals surface area contributed by atoms with Crippen LogP contribution in [0.1, 0.15) is 38.3 Å². The molecule has 0 aliphatic carbocycles. The molecular formula is C24H25BrN2O5. The summed E-state index contributed by atoms with van der Waals surface area (Å²) in [5.74, 6) is -0.387. The molecule has 2 aromatic rings. The summed E-state index contributed by atoms with van der Waals surface area (Å²) in [4.78, 5) is 39.0. The first kappa shape index (κ1) is 23.5. The average molecular weight is 501 g/mol. The molecule has 0 radical (unpaired) electrons. The molecule has 0 aromatic heterocycles. The fourth-order valence-electron chi connectivity index (χ4n) is 3.22. The van der Waals surface area contributed by atoms with Crippen LogP contribution in [0.4, 0.5) is 10.5 Å². The molecule has 0 bridgehead atoms.